The van der Waals surface area contributed by atoms with E-state index in [1.807, 2.05) is 65.1 Å². The van der Waals surface area contributed by atoms with Crippen LogP contribution in [0.3, 0.4) is 0 Å². The molecule has 10 aromatic rings. The van der Waals surface area contributed by atoms with Crippen molar-refractivity contribution in [2.45, 2.75) is 37.1 Å². The molecule has 0 aliphatic rings. The van der Waals surface area contributed by atoms with Crippen molar-refractivity contribution >= 4 is 108 Å². The van der Waals surface area contributed by atoms with Crippen LogP contribution >= 0.6 is 56.7 Å². The fraction of sp³-hybridized carbons (Fsp3) is 0.132. The van der Waals surface area contributed by atoms with E-state index in [9.17, 15) is 0 Å². The van der Waals surface area contributed by atoms with Gasteiger partial charge in [0, 0.05) is 41.1 Å². The summed E-state index contributed by atoms with van der Waals surface area (Å²) in [5.74, 6) is 0. The van der Waals surface area contributed by atoms with Crippen LogP contribution in [0.4, 0.5) is 0 Å². The lowest BCUT2D eigenvalue weighted by atomic mass is 10.3. The maximum atomic E-state index is 4.15. The van der Waals surface area contributed by atoms with Crippen LogP contribution in [0.15, 0.2) is 137 Å². The van der Waals surface area contributed by atoms with Crippen LogP contribution in [0.1, 0.15) is 37.1 Å². The fourth-order valence-electron chi connectivity index (χ4n) is 3.84. The van der Waals surface area contributed by atoms with E-state index in [-0.39, 0.29) is 37.1 Å². The molecular formula is C38H43N7S5. The topological polar surface area (TPSA) is 90.2 Å². The molecule has 7 nitrogen and oxygen atoms in total. The smallest absolute Gasteiger partial charge is 0.141 e. The minimum atomic E-state index is 0. The van der Waals surface area contributed by atoms with Crippen molar-refractivity contribution in [2.24, 2.45) is 0 Å². The van der Waals surface area contributed by atoms with Crippen molar-refractivity contribution in [1.82, 2.24) is 34.9 Å². The number of hydrogen-bond acceptors (Lipinski definition) is 12. The number of rotatable bonds is 0. The molecule has 0 saturated heterocycles. The summed E-state index contributed by atoms with van der Waals surface area (Å²) >= 11 is 8.42. The molecule has 12 heteroatoms. The predicted molar refractivity (Wildman–Crippen MR) is 227 cm³/mol. The average Bonchev–Trinajstić information content (AvgIpc) is 3.95. The van der Waals surface area contributed by atoms with Gasteiger partial charge < -0.3 is 0 Å². The monoisotopic (exact) mass is 757 g/mol. The molecule has 0 aliphatic carbocycles. The summed E-state index contributed by atoms with van der Waals surface area (Å²) in [6, 6.07) is 22.6. The summed E-state index contributed by atoms with van der Waals surface area (Å²) < 4.78 is 3.78. The molecule has 1 aromatic carbocycles. The highest BCUT2D eigenvalue weighted by Crippen LogP contribution is 2.19. The molecule has 0 atom stereocenters. The lowest BCUT2D eigenvalue weighted by Gasteiger charge is -1.82. The molecule has 260 valence electrons. The third-order valence-corrected chi connectivity index (χ3v) is 10.2. The highest BCUT2D eigenvalue weighted by molar-refractivity contribution is 7.18. The Balaban J connectivity index is 0.000000305. The lowest BCUT2D eigenvalue weighted by molar-refractivity contribution is 1.23. The minimum Gasteiger partial charge on any atom is -0.255 e. The second-order valence-corrected chi connectivity index (χ2v) is 13.5. The third kappa shape index (κ3) is 12.1. The van der Waals surface area contributed by atoms with E-state index in [1.165, 1.54) is 14.8 Å². The zero-order valence-corrected chi connectivity index (χ0v) is 27.5. The van der Waals surface area contributed by atoms with Gasteiger partial charge in [-0.05, 0) is 80.8 Å². The second kappa shape index (κ2) is 22.9. The Morgan fingerprint density at radius 1 is 0.360 bits per heavy atom. The van der Waals surface area contributed by atoms with Crippen LogP contribution < -0.4 is 0 Å². The van der Waals surface area contributed by atoms with Gasteiger partial charge >= 0.3 is 0 Å². The Morgan fingerprint density at radius 3 is 1.68 bits per heavy atom. The van der Waals surface area contributed by atoms with E-state index in [1.54, 1.807) is 81.7 Å². The SMILES string of the molecule is C.C.C.C.C.c1ccc2sccc2c1.c1cnc2ccsc2c1.c1cnc2sccc2n1.c1ncc2ccsc2n1.c1ncc2sccc2n1. The van der Waals surface area contributed by atoms with E-state index in [4.69, 9.17) is 0 Å². The first-order chi connectivity index (χ1) is 22.3. The maximum absolute atomic E-state index is 4.15. The summed E-state index contributed by atoms with van der Waals surface area (Å²) in [7, 11) is 0. The molecule has 10 rings (SSSR count). The first-order valence-corrected chi connectivity index (χ1v) is 17.8. The second-order valence-electron chi connectivity index (χ2n) is 8.83. The standard InChI is InChI=1S/C8H6S.C7H5NS.3C6H4N2S.5CH4/c1-2-4-8-7(3-1)5-6-9-8;1-2-7-6(8-4-1)3-5-9-7;1-4-9-6-5(1)7-2-3-8-6;1-2-9-6-3-7-4-8-5(1)6;1-2-9-6-5(1)3-7-4-8-6;;;;;/h1-6H;1-5H;3*1-4H;5*1H4. The van der Waals surface area contributed by atoms with Crippen molar-refractivity contribution in [1.29, 1.82) is 0 Å². The molecule has 50 heavy (non-hydrogen) atoms. The van der Waals surface area contributed by atoms with Crippen molar-refractivity contribution < 1.29 is 0 Å². The summed E-state index contributed by atoms with van der Waals surface area (Å²) in [6.45, 7) is 0. The van der Waals surface area contributed by atoms with Crippen molar-refractivity contribution in [2.75, 3.05) is 0 Å². The fourth-order valence-corrected chi connectivity index (χ4v) is 7.47. The van der Waals surface area contributed by atoms with Crippen LogP contribution in [-0.2, 0) is 0 Å². The Labute approximate surface area is 315 Å². The number of aromatic nitrogens is 7. The van der Waals surface area contributed by atoms with Crippen LogP contribution in [0.25, 0.3) is 51.1 Å². The normalized spacial score (nSPS) is 9.20. The zero-order chi connectivity index (χ0) is 30.5. The molecule has 9 heterocycles. The zero-order valence-electron chi connectivity index (χ0n) is 23.5. The Bertz CT molecular complexity index is 1800. The maximum Gasteiger partial charge on any atom is 0.141 e. The van der Waals surface area contributed by atoms with Crippen LogP contribution in [-0.4, -0.2) is 34.9 Å². The Hall–Kier alpha value is -4.59. The van der Waals surface area contributed by atoms with Gasteiger partial charge in [-0.2, -0.15) is 0 Å². The summed E-state index contributed by atoms with van der Waals surface area (Å²) in [5, 5.41) is 12.7. The molecule has 0 spiro atoms. The van der Waals surface area contributed by atoms with Crippen molar-refractivity contribution in [3.63, 3.8) is 0 Å². The van der Waals surface area contributed by atoms with Gasteiger partial charge in [0.05, 0.1) is 25.9 Å². The number of benzene rings is 1. The first kappa shape index (κ1) is 43.4. The number of fused-ring (bicyclic) bond motifs is 5. The van der Waals surface area contributed by atoms with Gasteiger partial charge in [0.2, 0.25) is 0 Å². The van der Waals surface area contributed by atoms with E-state index in [2.05, 4.69) is 82.0 Å². The van der Waals surface area contributed by atoms with Gasteiger partial charge in [0.1, 0.15) is 22.3 Å². The summed E-state index contributed by atoms with van der Waals surface area (Å²) in [5.41, 5.74) is 3.13. The Kier molecular flexibility index (Phi) is 19.9. The number of pyridine rings is 1. The van der Waals surface area contributed by atoms with Gasteiger partial charge in [-0.1, -0.05) is 55.3 Å². The molecule has 0 bridgehead atoms. The highest BCUT2D eigenvalue weighted by Gasteiger charge is 1.93. The van der Waals surface area contributed by atoms with E-state index < -0.39 is 0 Å². The van der Waals surface area contributed by atoms with Gasteiger partial charge in [0.15, 0.2) is 0 Å². The number of hydrogen-bond donors (Lipinski definition) is 0. The highest BCUT2D eigenvalue weighted by atomic mass is 32.1. The summed E-state index contributed by atoms with van der Waals surface area (Å²) in [6.07, 6.45) is 12.0. The molecule has 0 unspecified atom stereocenters. The third-order valence-electron chi connectivity index (χ3n) is 5.94. The molecule has 0 saturated carbocycles. The van der Waals surface area contributed by atoms with Crippen LogP contribution in [0.2, 0.25) is 0 Å². The molecule has 0 fully saturated rings. The van der Waals surface area contributed by atoms with Crippen molar-refractivity contribution in [3.8, 4) is 0 Å². The van der Waals surface area contributed by atoms with Gasteiger partial charge in [0.25, 0.3) is 0 Å². The van der Waals surface area contributed by atoms with E-state index >= 15 is 0 Å². The van der Waals surface area contributed by atoms with Crippen LogP contribution in [0, 0.1) is 0 Å². The van der Waals surface area contributed by atoms with Gasteiger partial charge in [-0.25, -0.2) is 24.9 Å². The lowest BCUT2D eigenvalue weighted by Crippen LogP contribution is -1.72. The predicted octanol–water partition coefficient (Wildman–Crippen LogP) is 13.5. The Morgan fingerprint density at radius 2 is 0.920 bits per heavy atom. The summed E-state index contributed by atoms with van der Waals surface area (Å²) in [4.78, 5) is 30.3. The van der Waals surface area contributed by atoms with Gasteiger partial charge in [-0.3, -0.25) is 9.97 Å². The first-order valence-electron chi connectivity index (χ1n) is 13.4. The van der Waals surface area contributed by atoms with Crippen LogP contribution in [0.5, 0.6) is 0 Å². The molecule has 0 radical (unpaired) electrons. The van der Waals surface area contributed by atoms with E-state index in [0.29, 0.717) is 0 Å². The molecular weight excluding hydrogens is 715 g/mol. The molecule has 9 aromatic heterocycles. The number of thiophene rings is 5. The van der Waals surface area contributed by atoms with Gasteiger partial charge in [-0.15, -0.1) is 56.7 Å². The molecule has 0 amide bonds. The van der Waals surface area contributed by atoms with Crippen molar-refractivity contribution in [3.05, 3.63) is 137 Å². The minimum absolute atomic E-state index is 0. The van der Waals surface area contributed by atoms with E-state index in [0.717, 1.165) is 36.3 Å². The number of nitrogens with zero attached hydrogens (tertiary/aromatic N) is 7. The average molecular weight is 758 g/mol. The quantitative estimate of drug-likeness (QED) is 0.152. The largest absolute Gasteiger partial charge is 0.255 e. The molecule has 0 N–H and O–H groups in total. The molecule has 0 aliphatic heterocycles.